The summed E-state index contributed by atoms with van der Waals surface area (Å²) < 4.78 is 8.65. The molecule has 0 bridgehead atoms. The van der Waals surface area contributed by atoms with E-state index in [4.69, 9.17) is 4.74 Å². The average Bonchev–Trinajstić information content (AvgIpc) is 3.05. The number of methoxy groups -OCH3 is 1. The maximum absolute atomic E-state index is 5.06. The predicted octanol–water partition coefficient (Wildman–Crippen LogP) is 1.38. The molecule has 7 nitrogen and oxygen atoms in total. The van der Waals surface area contributed by atoms with E-state index in [1.165, 1.54) is 0 Å². The van der Waals surface area contributed by atoms with Gasteiger partial charge in [0, 0.05) is 19.3 Å². The van der Waals surface area contributed by atoms with Gasteiger partial charge >= 0.3 is 0 Å². The summed E-state index contributed by atoms with van der Waals surface area (Å²) in [5, 5.41) is 4.40. The summed E-state index contributed by atoms with van der Waals surface area (Å²) in [6.45, 7) is 1.85. The summed E-state index contributed by atoms with van der Waals surface area (Å²) in [7, 11) is 3.50. The number of hydrogen-bond acceptors (Lipinski definition) is 5. The van der Waals surface area contributed by atoms with Gasteiger partial charge in [0.1, 0.15) is 11.5 Å². The number of rotatable bonds is 3. The Bertz CT molecular complexity index is 728. The Kier molecular flexibility index (Phi) is 2.94. The fraction of sp³-hybridized carbons (Fsp3) is 0.231. The SMILES string of the molecule is COc1ccc(-n2nc(C)nc2-c2cn(C)cn2)cn1. The van der Waals surface area contributed by atoms with E-state index in [0.29, 0.717) is 17.5 Å². The van der Waals surface area contributed by atoms with Gasteiger partial charge in [0.15, 0.2) is 5.82 Å². The summed E-state index contributed by atoms with van der Waals surface area (Å²) in [4.78, 5) is 12.9. The molecule has 7 heteroatoms. The van der Waals surface area contributed by atoms with Crippen LogP contribution < -0.4 is 4.74 Å². The highest BCUT2D eigenvalue weighted by molar-refractivity contribution is 5.52. The van der Waals surface area contributed by atoms with Crippen molar-refractivity contribution < 1.29 is 4.74 Å². The Labute approximate surface area is 115 Å². The minimum atomic E-state index is 0.560. The van der Waals surface area contributed by atoms with Crippen LogP contribution in [-0.4, -0.2) is 36.4 Å². The number of ether oxygens (including phenoxy) is 1. The lowest BCUT2D eigenvalue weighted by atomic mass is 10.4. The first-order chi connectivity index (χ1) is 9.67. The minimum Gasteiger partial charge on any atom is -0.481 e. The molecule has 20 heavy (non-hydrogen) atoms. The van der Waals surface area contributed by atoms with Gasteiger partial charge < -0.3 is 9.30 Å². The number of imidazole rings is 1. The molecule has 0 saturated heterocycles. The number of aromatic nitrogens is 6. The van der Waals surface area contributed by atoms with E-state index in [0.717, 1.165) is 11.4 Å². The molecule has 0 saturated carbocycles. The summed E-state index contributed by atoms with van der Waals surface area (Å²) in [6, 6.07) is 3.67. The molecule has 0 atom stereocenters. The van der Waals surface area contributed by atoms with E-state index in [1.54, 1.807) is 30.4 Å². The molecule has 0 aromatic carbocycles. The third kappa shape index (κ3) is 2.13. The molecular weight excluding hydrogens is 256 g/mol. The standard InChI is InChI=1S/C13H14N6O/c1-9-16-13(11-7-18(2)8-15-11)19(17-9)10-4-5-12(20-3)14-6-10/h4-8H,1-3H3. The summed E-state index contributed by atoms with van der Waals surface area (Å²) >= 11 is 0. The number of hydrogen-bond donors (Lipinski definition) is 0. The zero-order chi connectivity index (χ0) is 14.1. The molecule has 3 aromatic rings. The van der Waals surface area contributed by atoms with Crippen LogP contribution in [0, 0.1) is 6.92 Å². The van der Waals surface area contributed by atoms with Crippen LogP contribution in [0.15, 0.2) is 30.9 Å². The van der Waals surface area contributed by atoms with Crippen molar-refractivity contribution in [2.75, 3.05) is 7.11 Å². The number of nitrogens with zero attached hydrogens (tertiary/aromatic N) is 6. The average molecular weight is 270 g/mol. The molecule has 0 radical (unpaired) electrons. The number of pyridine rings is 1. The summed E-state index contributed by atoms with van der Waals surface area (Å²) in [5.74, 6) is 1.93. The molecule has 0 aliphatic rings. The normalized spacial score (nSPS) is 10.8. The second-order valence-corrected chi connectivity index (χ2v) is 4.38. The topological polar surface area (TPSA) is 70.7 Å². The van der Waals surface area contributed by atoms with Gasteiger partial charge in [-0.3, -0.25) is 0 Å². The molecule has 102 valence electrons. The van der Waals surface area contributed by atoms with Crippen molar-refractivity contribution >= 4 is 0 Å². The Hall–Kier alpha value is -2.70. The van der Waals surface area contributed by atoms with Gasteiger partial charge in [0.05, 0.1) is 25.3 Å². The highest BCUT2D eigenvalue weighted by Gasteiger charge is 2.14. The van der Waals surface area contributed by atoms with E-state index in [9.17, 15) is 0 Å². The van der Waals surface area contributed by atoms with Gasteiger partial charge in [-0.15, -0.1) is 0 Å². The zero-order valence-electron chi connectivity index (χ0n) is 11.5. The second-order valence-electron chi connectivity index (χ2n) is 4.38. The molecule has 0 fully saturated rings. The highest BCUT2D eigenvalue weighted by Crippen LogP contribution is 2.19. The van der Waals surface area contributed by atoms with Crippen LogP contribution in [0.25, 0.3) is 17.2 Å². The van der Waals surface area contributed by atoms with E-state index < -0.39 is 0 Å². The molecule has 0 N–H and O–H groups in total. The first-order valence-electron chi connectivity index (χ1n) is 6.10. The Morgan fingerprint density at radius 3 is 2.65 bits per heavy atom. The fourth-order valence-corrected chi connectivity index (χ4v) is 1.91. The van der Waals surface area contributed by atoms with Gasteiger partial charge in [-0.1, -0.05) is 0 Å². The van der Waals surface area contributed by atoms with Crippen LogP contribution in [0.1, 0.15) is 5.82 Å². The first kappa shape index (κ1) is 12.3. The van der Waals surface area contributed by atoms with E-state index in [2.05, 4.69) is 20.1 Å². The first-order valence-corrected chi connectivity index (χ1v) is 6.10. The molecular formula is C13H14N6O. The van der Waals surface area contributed by atoms with Crippen LogP contribution in [0.5, 0.6) is 5.88 Å². The third-order valence-electron chi connectivity index (χ3n) is 2.82. The lowest BCUT2D eigenvalue weighted by Crippen LogP contribution is -2.01. The van der Waals surface area contributed by atoms with Gasteiger partial charge in [0.2, 0.25) is 5.88 Å². The predicted molar refractivity (Wildman–Crippen MR) is 72.6 cm³/mol. The quantitative estimate of drug-likeness (QED) is 0.719. The van der Waals surface area contributed by atoms with Gasteiger partial charge in [-0.05, 0) is 13.0 Å². The largest absolute Gasteiger partial charge is 0.481 e. The molecule has 3 aromatic heterocycles. The van der Waals surface area contributed by atoms with E-state index in [-0.39, 0.29) is 0 Å². The van der Waals surface area contributed by atoms with Gasteiger partial charge in [-0.2, -0.15) is 5.10 Å². The second kappa shape index (κ2) is 4.76. The number of aryl methyl sites for hydroxylation is 2. The molecule has 0 aliphatic heterocycles. The lowest BCUT2D eigenvalue weighted by molar-refractivity contribution is 0.397. The zero-order valence-corrected chi connectivity index (χ0v) is 11.5. The van der Waals surface area contributed by atoms with Crippen molar-refractivity contribution in [3.63, 3.8) is 0 Å². The van der Waals surface area contributed by atoms with Crippen molar-refractivity contribution in [1.29, 1.82) is 0 Å². The highest BCUT2D eigenvalue weighted by atomic mass is 16.5. The van der Waals surface area contributed by atoms with Crippen LogP contribution in [-0.2, 0) is 7.05 Å². The lowest BCUT2D eigenvalue weighted by Gasteiger charge is -2.04. The van der Waals surface area contributed by atoms with Crippen molar-refractivity contribution in [3.8, 4) is 23.1 Å². The van der Waals surface area contributed by atoms with E-state index >= 15 is 0 Å². The van der Waals surface area contributed by atoms with Crippen LogP contribution >= 0.6 is 0 Å². The Morgan fingerprint density at radius 1 is 1.20 bits per heavy atom. The molecule has 0 amide bonds. The van der Waals surface area contributed by atoms with Crippen molar-refractivity contribution in [2.24, 2.45) is 7.05 Å². The van der Waals surface area contributed by atoms with Crippen molar-refractivity contribution in [3.05, 3.63) is 36.7 Å². The van der Waals surface area contributed by atoms with Gasteiger partial charge in [0.25, 0.3) is 0 Å². The summed E-state index contributed by atoms with van der Waals surface area (Å²) in [6.07, 6.45) is 5.33. The third-order valence-corrected chi connectivity index (χ3v) is 2.82. The van der Waals surface area contributed by atoms with Crippen molar-refractivity contribution in [1.82, 2.24) is 29.3 Å². The molecule has 3 rings (SSSR count). The maximum Gasteiger partial charge on any atom is 0.213 e. The van der Waals surface area contributed by atoms with Crippen molar-refractivity contribution in [2.45, 2.75) is 6.92 Å². The summed E-state index contributed by atoms with van der Waals surface area (Å²) in [5.41, 5.74) is 1.58. The van der Waals surface area contributed by atoms with Crippen LogP contribution in [0.4, 0.5) is 0 Å². The van der Waals surface area contributed by atoms with E-state index in [1.807, 2.05) is 30.8 Å². The molecule has 0 spiro atoms. The monoisotopic (exact) mass is 270 g/mol. The van der Waals surface area contributed by atoms with Crippen LogP contribution in [0.3, 0.4) is 0 Å². The van der Waals surface area contributed by atoms with Crippen LogP contribution in [0.2, 0.25) is 0 Å². The Balaban J connectivity index is 2.09. The smallest absolute Gasteiger partial charge is 0.213 e. The molecule has 3 heterocycles. The Morgan fingerprint density at radius 2 is 2.05 bits per heavy atom. The fourth-order valence-electron chi connectivity index (χ4n) is 1.91. The molecule has 0 unspecified atom stereocenters. The molecule has 0 aliphatic carbocycles. The minimum absolute atomic E-state index is 0.560. The maximum atomic E-state index is 5.06. The van der Waals surface area contributed by atoms with Gasteiger partial charge in [-0.25, -0.2) is 19.6 Å².